The highest BCUT2D eigenvalue weighted by Gasteiger charge is 2.46. The average molecular weight is 611 g/mol. The number of halogens is 1. The van der Waals surface area contributed by atoms with Crippen LogP contribution in [0, 0.1) is 5.92 Å². The number of carbonyl (C=O) groups is 1. The van der Waals surface area contributed by atoms with Gasteiger partial charge >= 0.3 is 0 Å². The zero-order chi connectivity index (χ0) is 27.2. The number of hydrogen-bond acceptors (Lipinski definition) is 2. The Hall–Kier alpha value is -2.04. The molecule has 209 valence electrons. The molecule has 0 unspecified atom stereocenters. The fraction of sp³-hybridized carbons (Fsp3) is 0.424. The van der Waals surface area contributed by atoms with Crippen molar-refractivity contribution in [3.05, 3.63) is 91.0 Å². The molecule has 4 rings (SSSR count). The van der Waals surface area contributed by atoms with Crippen molar-refractivity contribution in [2.75, 3.05) is 12.7 Å². The van der Waals surface area contributed by atoms with Crippen molar-refractivity contribution < 1.29 is 27.0 Å². The van der Waals surface area contributed by atoms with E-state index in [1.807, 2.05) is 27.7 Å². The zero-order valence-corrected chi connectivity index (χ0v) is 26.3. The molecule has 4 nitrogen and oxygen atoms in total. The van der Waals surface area contributed by atoms with Gasteiger partial charge in [0.15, 0.2) is 0 Å². The lowest BCUT2D eigenvalue weighted by molar-refractivity contribution is -0.293. The molecule has 1 heterocycles. The van der Waals surface area contributed by atoms with Crippen molar-refractivity contribution in [1.82, 2.24) is 10.4 Å². The van der Waals surface area contributed by atoms with E-state index >= 15 is 0 Å². The van der Waals surface area contributed by atoms with Crippen molar-refractivity contribution in [3.8, 4) is 0 Å². The second-order valence-corrected chi connectivity index (χ2v) is 15.6. The number of piperidine rings is 1. The molecule has 0 spiro atoms. The molecule has 1 aliphatic heterocycles. The smallest absolute Gasteiger partial charge is 0.220 e. The Kier molecular flexibility index (Phi) is 10.9. The number of amides is 1. The summed E-state index contributed by atoms with van der Waals surface area (Å²) < 4.78 is 0. The summed E-state index contributed by atoms with van der Waals surface area (Å²) in [6.07, 6.45) is 5.01. The number of hydroxylamine groups is 2. The first kappa shape index (κ1) is 31.5. The third-order valence-electron chi connectivity index (χ3n) is 8.00. The van der Waals surface area contributed by atoms with Crippen LogP contribution in [-0.4, -0.2) is 34.8 Å². The Morgan fingerprint density at radius 2 is 1.18 bits per heavy atom. The standard InChI is InChI=1S/C33H42N2O2P.BrH/c1-32(2)24-27(25-33(3,4)35(32)37)26-34-31(36)22-14-15-23-38(28-16-8-5-9-17-28,29-18-10-6-11-19-29)30-20-12-7-13-21-30;/h5-13,16-21,27H,14-15,22-26H2,1-4H3;1H. The third kappa shape index (κ3) is 7.38. The Bertz CT molecular complexity index is 1060. The maximum absolute atomic E-state index is 12.8. The van der Waals surface area contributed by atoms with Crippen molar-refractivity contribution in [2.24, 2.45) is 5.92 Å². The van der Waals surface area contributed by atoms with Crippen LogP contribution in [0.25, 0.3) is 0 Å². The molecule has 0 aliphatic carbocycles. The molecule has 3 aromatic carbocycles. The van der Waals surface area contributed by atoms with E-state index in [4.69, 9.17) is 0 Å². The fourth-order valence-corrected chi connectivity index (χ4v) is 10.9. The number of carbonyl (C=O) groups excluding carboxylic acids is 1. The molecule has 1 amide bonds. The minimum atomic E-state index is -1.85. The van der Waals surface area contributed by atoms with Gasteiger partial charge in [-0.1, -0.05) is 54.6 Å². The van der Waals surface area contributed by atoms with Gasteiger partial charge in [-0.15, -0.1) is 10.3 Å². The van der Waals surface area contributed by atoms with Crippen molar-refractivity contribution in [3.63, 3.8) is 0 Å². The number of nitrogens with zero attached hydrogens (tertiary/aromatic N) is 1. The summed E-state index contributed by atoms with van der Waals surface area (Å²) in [5.74, 6) is 0.440. The molecule has 0 atom stereocenters. The molecule has 6 heteroatoms. The lowest BCUT2D eigenvalue weighted by atomic mass is 9.75. The average Bonchev–Trinajstić information content (AvgIpc) is 2.92. The van der Waals surface area contributed by atoms with Gasteiger partial charge in [0.25, 0.3) is 0 Å². The summed E-state index contributed by atoms with van der Waals surface area (Å²) in [6, 6.07) is 32.8. The summed E-state index contributed by atoms with van der Waals surface area (Å²) in [5, 5.41) is 21.2. The molecule has 0 bridgehead atoms. The van der Waals surface area contributed by atoms with Crippen LogP contribution in [0.2, 0.25) is 0 Å². The van der Waals surface area contributed by atoms with E-state index < -0.39 is 18.3 Å². The number of hydrogen-bond donors (Lipinski definition) is 1. The van der Waals surface area contributed by atoms with E-state index in [-0.39, 0.29) is 22.9 Å². The lowest BCUT2D eigenvalue weighted by Gasteiger charge is -2.50. The minimum Gasteiger partial charge on any atom is -1.00 e. The maximum atomic E-state index is 12.8. The molecule has 1 N–H and O–H groups in total. The highest BCUT2D eigenvalue weighted by Crippen LogP contribution is 2.56. The molecular formula is C33H43BrN2O2P. The maximum Gasteiger partial charge on any atom is 0.220 e. The van der Waals surface area contributed by atoms with E-state index in [0.29, 0.717) is 18.9 Å². The summed E-state index contributed by atoms with van der Waals surface area (Å²) in [5.41, 5.74) is -0.813. The van der Waals surface area contributed by atoms with Gasteiger partial charge in [0.1, 0.15) is 23.2 Å². The van der Waals surface area contributed by atoms with Crippen molar-refractivity contribution in [1.29, 1.82) is 0 Å². The van der Waals surface area contributed by atoms with Gasteiger partial charge in [0.05, 0.1) is 6.16 Å². The molecular weight excluding hydrogens is 567 g/mol. The molecule has 0 aromatic heterocycles. The number of unbranched alkanes of at least 4 members (excludes halogenated alkanes) is 1. The Morgan fingerprint density at radius 1 is 0.769 bits per heavy atom. The number of nitrogens with one attached hydrogen (secondary N) is 1. The van der Waals surface area contributed by atoms with Gasteiger partial charge in [0.2, 0.25) is 5.91 Å². The van der Waals surface area contributed by atoms with Crippen LogP contribution in [0.15, 0.2) is 91.0 Å². The fourth-order valence-electron chi connectivity index (χ4n) is 6.48. The highest BCUT2D eigenvalue weighted by atomic mass is 79.9. The molecule has 0 saturated carbocycles. The second-order valence-electron chi connectivity index (χ2n) is 12.0. The van der Waals surface area contributed by atoms with E-state index in [2.05, 4.69) is 96.3 Å². The van der Waals surface area contributed by atoms with E-state index in [0.717, 1.165) is 31.8 Å². The third-order valence-corrected chi connectivity index (χ3v) is 12.5. The Balaban J connectivity index is 0.00000420. The molecule has 39 heavy (non-hydrogen) atoms. The summed E-state index contributed by atoms with van der Waals surface area (Å²) in [7, 11) is -1.85. The van der Waals surface area contributed by atoms with E-state index in [1.54, 1.807) is 0 Å². The van der Waals surface area contributed by atoms with Gasteiger partial charge in [-0.25, -0.2) is 0 Å². The Labute approximate surface area is 246 Å². The van der Waals surface area contributed by atoms with Crippen LogP contribution < -0.4 is 38.2 Å². The van der Waals surface area contributed by atoms with E-state index in [9.17, 15) is 10.0 Å². The van der Waals surface area contributed by atoms with Crippen LogP contribution in [-0.2, 0) is 10.0 Å². The number of rotatable bonds is 10. The lowest BCUT2D eigenvalue weighted by Crippen LogP contribution is -3.00. The summed E-state index contributed by atoms with van der Waals surface area (Å²) in [6.45, 7) is 8.69. The first-order valence-corrected chi connectivity index (χ1v) is 15.9. The van der Waals surface area contributed by atoms with Crippen LogP contribution in [0.5, 0.6) is 0 Å². The largest absolute Gasteiger partial charge is 1.00 e. The Morgan fingerprint density at radius 3 is 1.59 bits per heavy atom. The van der Waals surface area contributed by atoms with Gasteiger partial charge in [-0.3, -0.25) is 4.79 Å². The summed E-state index contributed by atoms with van der Waals surface area (Å²) >= 11 is 0. The van der Waals surface area contributed by atoms with E-state index in [1.165, 1.54) is 21.0 Å². The topological polar surface area (TPSA) is 52.2 Å². The number of benzene rings is 3. The monoisotopic (exact) mass is 609 g/mol. The second kappa shape index (κ2) is 13.5. The first-order valence-electron chi connectivity index (χ1n) is 13.9. The minimum absolute atomic E-state index is 0. The normalized spacial score (nSPS) is 17.3. The molecule has 3 aromatic rings. The van der Waals surface area contributed by atoms with Crippen LogP contribution in [0.4, 0.5) is 0 Å². The highest BCUT2D eigenvalue weighted by molar-refractivity contribution is 7.95. The SMILES string of the molecule is CC1(C)CC(CNC(=O)CCCC[P+](c2ccccc2)(c2ccccc2)c2ccccc2)CC(C)(C)N1[O].[Br-]. The quantitative estimate of drug-likeness (QED) is 0.284. The molecule has 1 saturated heterocycles. The predicted molar refractivity (Wildman–Crippen MR) is 160 cm³/mol. The predicted octanol–water partition coefficient (Wildman–Crippen LogP) is 2.89. The van der Waals surface area contributed by atoms with Crippen LogP contribution in [0.1, 0.15) is 59.8 Å². The molecule has 1 fully saturated rings. The van der Waals surface area contributed by atoms with Gasteiger partial charge < -0.3 is 22.3 Å². The zero-order valence-electron chi connectivity index (χ0n) is 23.8. The van der Waals surface area contributed by atoms with Crippen molar-refractivity contribution >= 4 is 29.1 Å². The summed E-state index contributed by atoms with van der Waals surface area (Å²) in [4.78, 5) is 12.8. The first-order chi connectivity index (χ1) is 18.1. The van der Waals surface area contributed by atoms with Crippen LogP contribution in [0.3, 0.4) is 0 Å². The van der Waals surface area contributed by atoms with Gasteiger partial charge in [-0.2, -0.15) is 0 Å². The molecule has 1 aliphatic rings. The molecule has 1 radical (unpaired) electrons. The van der Waals surface area contributed by atoms with Gasteiger partial charge in [-0.05, 0) is 95.7 Å². The van der Waals surface area contributed by atoms with Crippen molar-refractivity contribution in [2.45, 2.75) is 70.9 Å². The van der Waals surface area contributed by atoms with Crippen LogP contribution >= 0.6 is 7.26 Å². The van der Waals surface area contributed by atoms with Gasteiger partial charge in [0, 0.05) is 24.0 Å².